The van der Waals surface area contributed by atoms with Crippen molar-refractivity contribution >= 4 is 17.6 Å². The number of carboxylic acid groups (broad SMARTS) is 1. The quantitative estimate of drug-likeness (QED) is 0.744. The highest BCUT2D eigenvalue weighted by Crippen LogP contribution is 2.13. The van der Waals surface area contributed by atoms with Crippen molar-refractivity contribution in [2.24, 2.45) is 0 Å². The molecule has 0 aliphatic heterocycles. The van der Waals surface area contributed by atoms with Crippen LogP contribution in [-0.4, -0.2) is 36.7 Å². The lowest BCUT2D eigenvalue weighted by Gasteiger charge is -2.22. The van der Waals surface area contributed by atoms with Gasteiger partial charge in [0.25, 0.3) is 0 Å². The van der Waals surface area contributed by atoms with Gasteiger partial charge in [-0.1, -0.05) is 18.2 Å². The molecule has 98 valence electrons. The van der Waals surface area contributed by atoms with Crippen LogP contribution in [0.5, 0.6) is 0 Å². The summed E-state index contributed by atoms with van der Waals surface area (Å²) in [6.07, 6.45) is 0.177. The zero-order chi connectivity index (χ0) is 13.4. The van der Waals surface area contributed by atoms with Crippen LogP contribution < -0.4 is 4.90 Å². The first-order valence-corrected chi connectivity index (χ1v) is 5.81. The van der Waals surface area contributed by atoms with Crippen LogP contribution in [0.15, 0.2) is 30.3 Å². The maximum Gasteiger partial charge on any atom is 0.323 e. The first-order valence-electron chi connectivity index (χ1n) is 5.81. The third-order valence-electron chi connectivity index (χ3n) is 2.34. The molecule has 0 bridgehead atoms. The SMILES string of the molecule is CCOC(=O)CCN(CC(=O)O)c1ccccc1. The minimum atomic E-state index is -0.928. The van der Waals surface area contributed by atoms with Crippen molar-refractivity contribution in [1.29, 1.82) is 0 Å². The lowest BCUT2D eigenvalue weighted by atomic mass is 10.2. The molecule has 1 N–H and O–H groups in total. The Labute approximate surface area is 106 Å². The summed E-state index contributed by atoms with van der Waals surface area (Å²) < 4.78 is 4.82. The third kappa shape index (κ3) is 4.86. The molecule has 18 heavy (non-hydrogen) atoms. The summed E-state index contributed by atoms with van der Waals surface area (Å²) in [4.78, 5) is 23.7. The molecule has 0 aliphatic carbocycles. The molecule has 0 fully saturated rings. The van der Waals surface area contributed by atoms with E-state index in [-0.39, 0.29) is 18.9 Å². The van der Waals surface area contributed by atoms with E-state index in [2.05, 4.69) is 0 Å². The van der Waals surface area contributed by atoms with Gasteiger partial charge in [-0.15, -0.1) is 0 Å². The van der Waals surface area contributed by atoms with E-state index in [0.29, 0.717) is 13.2 Å². The number of carbonyl (C=O) groups is 2. The van der Waals surface area contributed by atoms with Gasteiger partial charge in [-0.25, -0.2) is 0 Å². The summed E-state index contributed by atoms with van der Waals surface area (Å²) in [7, 11) is 0. The van der Waals surface area contributed by atoms with E-state index in [1.807, 2.05) is 30.3 Å². The average Bonchev–Trinajstić information content (AvgIpc) is 2.35. The number of benzene rings is 1. The van der Waals surface area contributed by atoms with Gasteiger partial charge in [0.05, 0.1) is 13.0 Å². The van der Waals surface area contributed by atoms with E-state index in [4.69, 9.17) is 9.84 Å². The van der Waals surface area contributed by atoms with Gasteiger partial charge in [-0.2, -0.15) is 0 Å². The molecular formula is C13H17NO4. The number of ether oxygens (including phenoxy) is 1. The predicted molar refractivity (Wildman–Crippen MR) is 67.5 cm³/mol. The van der Waals surface area contributed by atoms with Gasteiger partial charge in [0, 0.05) is 12.2 Å². The topological polar surface area (TPSA) is 66.8 Å². The Balaban J connectivity index is 2.62. The Kier molecular flexibility index (Phi) is 5.70. The number of carboxylic acids is 1. The minimum Gasteiger partial charge on any atom is -0.480 e. The van der Waals surface area contributed by atoms with Crippen molar-refractivity contribution in [2.45, 2.75) is 13.3 Å². The Morgan fingerprint density at radius 2 is 1.94 bits per heavy atom. The fourth-order valence-electron chi connectivity index (χ4n) is 1.56. The third-order valence-corrected chi connectivity index (χ3v) is 2.34. The number of nitrogens with zero attached hydrogens (tertiary/aromatic N) is 1. The molecule has 5 heteroatoms. The maximum absolute atomic E-state index is 11.3. The highest BCUT2D eigenvalue weighted by molar-refractivity contribution is 5.75. The molecule has 0 radical (unpaired) electrons. The first kappa shape index (κ1) is 14.0. The van der Waals surface area contributed by atoms with E-state index < -0.39 is 5.97 Å². The standard InChI is InChI=1S/C13H17NO4/c1-2-18-13(17)8-9-14(10-12(15)16)11-6-4-3-5-7-11/h3-7H,2,8-10H2,1H3,(H,15,16). The second-order valence-electron chi connectivity index (χ2n) is 3.71. The largest absolute Gasteiger partial charge is 0.480 e. The Morgan fingerprint density at radius 3 is 2.50 bits per heavy atom. The first-order chi connectivity index (χ1) is 8.63. The van der Waals surface area contributed by atoms with Gasteiger partial charge in [-0.05, 0) is 19.1 Å². The summed E-state index contributed by atoms with van der Waals surface area (Å²) in [6.45, 7) is 2.27. The monoisotopic (exact) mass is 251 g/mol. The van der Waals surface area contributed by atoms with Crippen LogP contribution in [-0.2, 0) is 14.3 Å². The van der Waals surface area contributed by atoms with Crippen molar-refractivity contribution < 1.29 is 19.4 Å². The van der Waals surface area contributed by atoms with E-state index in [9.17, 15) is 9.59 Å². The van der Waals surface area contributed by atoms with E-state index >= 15 is 0 Å². The molecule has 1 aromatic rings. The number of hydrogen-bond donors (Lipinski definition) is 1. The fourth-order valence-corrected chi connectivity index (χ4v) is 1.56. The molecule has 0 atom stereocenters. The van der Waals surface area contributed by atoms with Crippen LogP contribution in [0.4, 0.5) is 5.69 Å². The summed E-state index contributed by atoms with van der Waals surface area (Å²) in [5, 5.41) is 8.86. The summed E-state index contributed by atoms with van der Waals surface area (Å²) >= 11 is 0. The summed E-state index contributed by atoms with van der Waals surface area (Å²) in [5.74, 6) is -1.24. The zero-order valence-electron chi connectivity index (χ0n) is 10.3. The molecule has 5 nitrogen and oxygen atoms in total. The molecule has 1 rings (SSSR count). The van der Waals surface area contributed by atoms with Crippen LogP contribution >= 0.6 is 0 Å². The molecule has 0 aliphatic rings. The smallest absolute Gasteiger partial charge is 0.323 e. The Bertz CT molecular complexity index is 391. The fraction of sp³-hybridized carbons (Fsp3) is 0.385. The van der Waals surface area contributed by atoms with Crippen molar-refractivity contribution in [3.05, 3.63) is 30.3 Å². The Morgan fingerprint density at radius 1 is 1.28 bits per heavy atom. The number of anilines is 1. The van der Waals surface area contributed by atoms with Crippen LogP contribution in [0.25, 0.3) is 0 Å². The minimum absolute atomic E-state index is 0.135. The van der Waals surface area contributed by atoms with Gasteiger partial charge in [0.1, 0.15) is 6.54 Å². The van der Waals surface area contributed by atoms with Gasteiger partial charge in [0.2, 0.25) is 0 Å². The van der Waals surface area contributed by atoms with E-state index in [0.717, 1.165) is 5.69 Å². The second kappa shape index (κ2) is 7.32. The van der Waals surface area contributed by atoms with Crippen molar-refractivity contribution in [1.82, 2.24) is 0 Å². The van der Waals surface area contributed by atoms with Crippen LogP contribution in [0, 0.1) is 0 Å². The molecule has 0 saturated carbocycles. The molecule has 0 aromatic heterocycles. The second-order valence-corrected chi connectivity index (χ2v) is 3.71. The van der Waals surface area contributed by atoms with Crippen molar-refractivity contribution in [3.8, 4) is 0 Å². The number of carbonyl (C=O) groups excluding carboxylic acids is 1. The summed E-state index contributed by atoms with van der Waals surface area (Å²) in [5.41, 5.74) is 0.782. The zero-order valence-corrected chi connectivity index (χ0v) is 10.3. The lowest BCUT2D eigenvalue weighted by Crippen LogP contribution is -2.32. The van der Waals surface area contributed by atoms with E-state index in [1.54, 1.807) is 11.8 Å². The lowest BCUT2D eigenvalue weighted by molar-refractivity contribution is -0.143. The van der Waals surface area contributed by atoms with Gasteiger partial charge in [0.15, 0.2) is 0 Å². The number of esters is 1. The highest BCUT2D eigenvalue weighted by atomic mass is 16.5. The van der Waals surface area contributed by atoms with Crippen LogP contribution in [0.2, 0.25) is 0 Å². The number of para-hydroxylation sites is 1. The van der Waals surface area contributed by atoms with Crippen molar-refractivity contribution in [3.63, 3.8) is 0 Å². The van der Waals surface area contributed by atoms with Crippen LogP contribution in [0.1, 0.15) is 13.3 Å². The van der Waals surface area contributed by atoms with Gasteiger partial charge < -0.3 is 14.7 Å². The molecule has 1 aromatic carbocycles. The highest BCUT2D eigenvalue weighted by Gasteiger charge is 2.12. The van der Waals surface area contributed by atoms with Gasteiger partial charge >= 0.3 is 11.9 Å². The molecule has 0 amide bonds. The molecule has 0 unspecified atom stereocenters. The normalized spacial score (nSPS) is 9.83. The molecule has 0 heterocycles. The molecule has 0 saturated heterocycles. The number of aliphatic carboxylic acids is 1. The molecule has 0 spiro atoms. The molecular weight excluding hydrogens is 234 g/mol. The van der Waals surface area contributed by atoms with Crippen molar-refractivity contribution in [2.75, 3.05) is 24.6 Å². The number of hydrogen-bond acceptors (Lipinski definition) is 4. The van der Waals surface area contributed by atoms with Gasteiger partial charge in [-0.3, -0.25) is 9.59 Å². The van der Waals surface area contributed by atoms with E-state index in [1.165, 1.54) is 0 Å². The average molecular weight is 251 g/mol. The summed E-state index contributed by atoms with van der Waals surface area (Å²) in [6, 6.07) is 9.14. The Hall–Kier alpha value is -2.04. The maximum atomic E-state index is 11.3. The number of rotatable bonds is 7. The predicted octanol–water partition coefficient (Wildman–Crippen LogP) is 1.53. The van der Waals surface area contributed by atoms with Crippen LogP contribution in [0.3, 0.4) is 0 Å².